The van der Waals surface area contributed by atoms with E-state index < -0.39 is 5.82 Å². The fourth-order valence-corrected chi connectivity index (χ4v) is 1.05. The van der Waals surface area contributed by atoms with Crippen LogP contribution in [0.4, 0.5) is 4.39 Å². The molecule has 0 saturated heterocycles. The normalized spacial score (nSPS) is 10.2. The monoisotopic (exact) mass is 207 g/mol. The Balaban J connectivity index is 2.64. The molecule has 0 spiro atoms. The van der Waals surface area contributed by atoms with Gasteiger partial charge in [-0.15, -0.1) is 0 Å². The van der Waals surface area contributed by atoms with E-state index in [0.29, 0.717) is 18.5 Å². The summed E-state index contributed by atoms with van der Waals surface area (Å²) < 4.78 is 12.9. The van der Waals surface area contributed by atoms with Crippen molar-refractivity contribution < 1.29 is 9.50 Å². The van der Waals surface area contributed by atoms with Crippen molar-refractivity contribution in [3.63, 3.8) is 0 Å². The highest BCUT2D eigenvalue weighted by molar-refractivity contribution is 5.56. The van der Waals surface area contributed by atoms with Crippen LogP contribution in [-0.2, 0) is 0 Å². The van der Waals surface area contributed by atoms with E-state index in [-0.39, 0.29) is 5.75 Å². The van der Waals surface area contributed by atoms with E-state index >= 15 is 0 Å². The molecule has 0 saturated carbocycles. The van der Waals surface area contributed by atoms with Gasteiger partial charge in [-0.1, -0.05) is 29.4 Å². The van der Waals surface area contributed by atoms with Crippen molar-refractivity contribution in [3.05, 3.63) is 46.1 Å². The van der Waals surface area contributed by atoms with Gasteiger partial charge in [-0.25, -0.2) is 4.39 Å². The Labute approximate surface area is 86.3 Å². The molecule has 5 heteroatoms. The van der Waals surface area contributed by atoms with Gasteiger partial charge in [-0.05, 0) is 18.0 Å². The lowest BCUT2D eigenvalue weighted by molar-refractivity contribution is 0.431. The summed E-state index contributed by atoms with van der Waals surface area (Å²) >= 11 is 0. The van der Waals surface area contributed by atoms with E-state index in [1.807, 2.05) is 0 Å². The van der Waals surface area contributed by atoms with Gasteiger partial charge in [0.15, 0.2) is 11.6 Å². The van der Waals surface area contributed by atoms with E-state index in [2.05, 4.69) is 10.0 Å². The first-order chi connectivity index (χ1) is 7.25. The highest BCUT2D eigenvalue weighted by atomic mass is 19.1. The van der Waals surface area contributed by atoms with Gasteiger partial charge in [0.25, 0.3) is 0 Å². The number of phenolic OH excluding ortho intramolecular Hbond substituents is 1. The average Bonchev–Trinajstić information content (AvgIpc) is 2.24. The van der Waals surface area contributed by atoms with Crippen molar-refractivity contribution in [1.29, 1.82) is 0 Å². The molecule has 0 unspecified atom stereocenters. The summed E-state index contributed by atoms with van der Waals surface area (Å²) in [6.45, 7) is 0.350. The minimum atomic E-state index is -0.646. The van der Waals surface area contributed by atoms with Crippen LogP contribution in [0.5, 0.6) is 5.75 Å². The second-order valence-corrected chi connectivity index (χ2v) is 2.82. The van der Waals surface area contributed by atoms with Gasteiger partial charge in [0.1, 0.15) is 0 Å². The molecule has 15 heavy (non-hydrogen) atoms. The highest BCUT2D eigenvalue weighted by Gasteiger charge is 2.01. The largest absolute Gasteiger partial charge is 0.504 e. The topological polar surface area (TPSA) is 69.0 Å². The van der Waals surface area contributed by atoms with Gasteiger partial charge in [0, 0.05) is 17.0 Å². The van der Waals surface area contributed by atoms with Crippen molar-refractivity contribution in [2.45, 2.75) is 6.42 Å². The van der Waals surface area contributed by atoms with Crippen molar-refractivity contribution >= 4 is 6.08 Å². The maximum absolute atomic E-state index is 12.9. The summed E-state index contributed by atoms with van der Waals surface area (Å²) in [5.74, 6) is -1.01. The summed E-state index contributed by atoms with van der Waals surface area (Å²) in [5, 5.41) is 12.6. The number of nitrogens with zero attached hydrogens (tertiary/aromatic N) is 3. The van der Waals surface area contributed by atoms with Gasteiger partial charge in [-0.3, -0.25) is 0 Å². The first kappa shape index (κ1) is 11.1. The standard InChI is InChI=1S/C10H10FN3O/c11-9-6-3-5-8(10(9)15)4-1-2-7-13-14-12/h1,3-6,15H,2,7H2. The number of azide groups is 1. The van der Waals surface area contributed by atoms with E-state index in [1.165, 1.54) is 12.1 Å². The summed E-state index contributed by atoms with van der Waals surface area (Å²) in [5.41, 5.74) is 8.42. The van der Waals surface area contributed by atoms with Crippen LogP contribution >= 0.6 is 0 Å². The van der Waals surface area contributed by atoms with Gasteiger partial charge < -0.3 is 5.11 Å². The van der Waals surface area contributed by atoms with Crippen molar-refractivity contribution in [1.82, 2.24) is 0 Å². The molecule has 0 atom stereocenters. The van der Waals surface area contributed by atoms with E-state index in [4.69, 9.17) is 5.53 Å². The number of halogens is 1. The maximum Gasteiger partial charge on any atom is 0.165 e. The number of hydrogen-bond acceptors (Lipinski definition) is 2. The fourth-order valence-electron chi connectivity index (χ4n) is 1.05. The second kappa shape index (κ2) is 5.67. The highest BCUT2D eigenvalue weighted by Crippen LogP contribution is 2.21. The summed E-state index contributed by atoms with van der Waals surface area (Å²) in [4.78, 5) is 2.59. The molecule has 4 nitrogen and oxygen atoms in total. The van der Waals surface area contributed by atoms with Crippen LogP contribution in [0.1, 0.15) is 12.0 Å². The molecule has 1 aromatic carbocycles. The fraction of sp³-hybridized carbons (Fsp3) is 0.200. The molecular weight excluding hydrogens is 197 g/mol. The van der Waals surface area contributed by atoms with Crippen LogP contribution in [0.25, 0.3) is 16.5 Å². The first-order valence-electron chi connectivity index (χ1n) is 4.40. The number of aromatic hydroxyl groups is 1. The molecule has 1 aromatic rings. The van der Waals surface area contributed by atoms with Crippen LogP contribution in [0, 0.1) is 5.82 Å². The molecule has 0 aliphatic carbocycles. The molecule has 0 heterocycles. The Morgan fingerprint density at radius 3 is 3.07 bits per heavy atom. The lowest BCUT2D eigenvalue weighted by atomic mass is 10.1. The molecule has 78 valence electrons. The molecule has 0 aromatic heterocycles. The predicted octanol–water partition coefficient (Wildman–Crippen LogP) is 3.24. The van der Waals surface area contributed by atoms with Crippen LogP contribution < -0.4 is 0 Å². The number of hydrogen-bond donors (Lipinski definition) is 1. The van der Waals surface area contributed by atoms with Crippen molar-refractivity contribution in [2.75, 3.05) is 6.54 Å². The minimum Gasteiger partial charge on any atom is -0.504 e. The lowest BCUT2D eigenvalue weighted by Gasteiger charge is -1.98. The summed E-state index contributed by atoms with van der Waals surface area (Å²) in [6, 6.07) is 4.30. The summed E-state index contributed by atoms with van der Waals surface area (Å²) in [7, 11) is 0. The number of rotatable bonds is 4. The quantitative estimate of drug-likeness (QED) is 0.350. The van der Waals surface area contributed by atoms with Crippen LogP contribution in [0.2, 0.25) is 0 Å². The van der Waals surface area contributed by atoms with Crippen molar-refractivity contribution in [2.24, 2.45) is 5.11 Å². The Kier molecular flexibility index (Phi) is 4.19. The van der Waals surface area contributed by atoms with Gasteiger partial charge >= 0.3 is 0 Å². The van der Waals surface area contributed by atoms with E-state index in [9.17, 15) is 9.50 Å². The SMILES string of the molecule is [N-]=[N+]=NCCC=Cc1cccc(F)c1O. The first-order valence-corrected chi connectivity index (χ1v) is 4.40. The zero-order valence-corrected chi connectivity index (χ0v) is 7.97. The molecule has 1 rings (SSSR count). The van der Waals surface area contributed by atoms with E-state index in [0.717, 1.165) is 0 Å². The molecule has 1 N–H and O–H groups in total. The van der Waals surface area contributed by atoms with Crippen molar-refractivity contribution in [3.8, 4) is 5.75 Å². The molecule has 0 bridgehead atoms. The van der Waals surface area contributed by atoms with Crippen LogP contribution in [0.3, 0.4) is 0 Å². The Morgan fingerprint density at radius 2 is 2.33 bits per heavy atom. The average molecular weight is 207 g/mol. The third-order valence-corrected chi connectivity index (χ3v) is 1.77. The van der Waals surface area contributed by atoms with E-state index in [1.54, 1.807) is 18.2 Å². The Morgan fingerprint density at radius 1 is 1.53 bits per heavy atom. The summed E-state index contributed by atoms with van der Waals surface area (Å²) in [6.07, 6.45) is 3.86. The third-order valence-electron chi connectivity index (χ3n) is 1.77. The molecule has 0 aliphatic rings. The third kappa shape index (κ3) is 3.32. The number of benzene rings is 1. The lowest BCUT2D eigenvalue weighted by Crippen LogP contribution is -1.80. The number of para-hydroxylation sites is 1. The minimum absolute atomic E-state index is 0.350. The molecular formula is C10H10FN3O. The van der Waals surface area contributed by atoms with Gasteiger partial charge in [-0.2, -0.15) is 0 Å². The van der Waals surface area contributed by atoms with Crippen LogP contribution in [-0.4, -0.2) is 11.7 Å². The Bertz CT molecular complexity index is 411. The second-order valence-electron chi connectivity index (χ2n) is 2.82. The number of phenols is 1. The molecule has 0 fully saturated rings. The molecule has 0 aliphatic heterocycles. The molecule has 0 amide bonds. The maximum atomic E-state index is 12.9. The smallest absolute Gasteiger partial charge is 0.165 e. The predicted molar refractivity (Wildman–Crippen MR) is 55.7 cm³/mol. The van der Waals surface area contributed by atoms with Gasteiger partial charge in [0.05, 0.1) is 0 Å². The zero-order valence-electron chi connectivity index (χ0n) is 7.97. The van der Waals surface area contributed by atoms with Gasteiger partial charge in [0.2, 0.25) is 0 Å². The van der Waals surface area contributed by atoms with Crippen LogP contribution in [0.15, 0.2) is 29.4 Å². The molecule has 0 radical (unpaired) electrons. The Hall–Kier alpha value is -2.00. The zero-order chi connectivity index (χ0) is 11.1.